The molecule has 1 saturated heterocycles. The van der Waals surface area contributed by atoms with E-state index >= 15 is 0 Å². The molecule has 1 unspecified atom stereocenters. The van der Waals surface area contributed by atoms with Gasteiger partial charge in [-0.25, -0.2) is 16.8 Å². The van der Waals surface area contributed by atoms with Gasteiger partial charge in [-0.05, 0) is 50.8 Å². The lowest BCUT2D eigenvalue weighted by Gasteiger charge is -2.28. The number of sulfone groups is 2. The first-order valence-electron chi connectivity index (χ1n) is 10.6. The van der Waals surface area contributed by atoms with Crippen LogP contribution in [0.3, 0.4) is 0 Å². The quantitative estimate of drug-likeness (QED) is 0.561. The summed E-state index contributed by atoms with van der Waals surface area (Å²) in [7, 11) is -0.354. The zero-order chi connectivity index (χ0) is 24.4. The highest BCUT2D eigenvalue weighted by atomic mass is 32.2. The first-order valence-corrected chi connectivity index (χ1v) is 14.0. The Labute approximate surface area is 196 Å². The molecule has 0 radical (unpaired) electrons. The van der Waals surface area contributed by atoms with Crippen molar-refractivity contribution in [2.75, 3.05) is 46.4 Å². The highest BCUT2D eigenvalue weighted by Gasteiger charge is 2.45. The van der Waals surface area contributed by atoms with E-state index in [2.05, 4.69) is 5.32 Å². The van der Waals surface area contributed by atoms with E-state index in [4.69, 9.17) is 9.47 Å². The van der Waals surface area contributed by atoms with Crippen molar-refractivity contribution in [1.82, 2.24) is 10.2 Å². The molecule has 8 nitrogen and oxygen atoms in total. The number of benzene rings is 2. The molecule has 3 atom stereocenters. The lowest BCUT2D eigenvalue weighted by atomic mass is 10.0. The smallest absolute Gasteiger partial charge is 0.183 e. The number of methoxy groups -OCH3 is 2. The molecule has 10 heteroatoms. The van der Waals surface area contributed by atoms with E-state index in [-0.39, 0.29) is 22.4 Å². The number of ether oxygens (including phenoxy) is 2. The Morgan fingerprint density at radius 3 is 2.24 bits per heavy atom. The van der Waals surface area contributed by atoms with Crippen molar-refractivity contribution in [2.45, 2.75) is 29.2 Å². The van der Waals surface area contributed by atoms with E-state index in [0.29, 0.717) is 18.0 Å². The van der Waals surface area contributed by atoms with Gasteiger partial charge in [0.25, 0.3) is 0 Å². The van der Waals surface area contributed by atoms with Crippen LogP contribution >= 0.6 is 0 Å². The first-order chi connectivity index (χ1) is 15.5. The number of aryl methyl sites for hydroxylation is 1. The normalized spacial score (nSPS) is 21.2. The summed E-state index contributed by atoms with van der Waals surface area (Å²) in [6.07, 6.45) is 0. The van der Waals surface area contributed by atoms with Crippen molar-refractivity contribution in [3.05, 3.63) is 53.6 Å². The fraction of sp³-hybridized carbons (Fsp3) is 0.478. The van der Waals surface area contributed by atoms with Gasteiger partial charge in [-0.3, -0.25) is 0 Å². The van der Waals surface area contributed by atoms with E-state index in [1.807, 2.05) is 44.1 Å². The lowest BCUT2D eigenvalue weighted by molar-refractivity contribution is 0.280. The van der Waals surface area contributed by atoms with Crippen molar-refractivity contribution in [1.29, 1.82) is 0 Å². The molecule has 0 aliphatic carbocycles. The highest BCUT2D eigenvalue weighted by molar-refractivity contribution is 7.96. The van der Waals surface area contributed by atoms with Crippen LogP contribution < -0.4 is 14.8 Å². The van der Waals surface area contributed by atoms with Gasteiger partial charge in [-0.2, -0.15) is 0 Å². The minimum Gasteiger partial charge on any atom is -0.493 e. The Kier molecular flexibility index (Phi) is 7.73. The van der Waals surface area contributed by atoms with Gasteiger partial charge >= 0.3 is 0 Å². The van der Waals surface area contributed by atoms with Crippen LogP contribution in [-0.4, -0.2) is 79.4 Å². The molecule has 3 rings (SSSR count). The average molecular weight is 497 g/mol. The van der Waals surface area contributed by atoms with Gasteiger partial charge in [0.05, 0.1) is 35.9 Å². The minimum absolute atomic E-state index is 0.143. The molecular formula is C23H32N2O6S2. The van der Waals surface area contributed by atoms with Crippen LogP contribution in [0.15, 0.2) is 47.4 Å². The molecule has 0 amide bonds. The number of nitrogens with zero attached hydrogens (tertiary/aromatic N) is 1. The number of hydrogen-bond donors (Lipinski definition) is 1. The maximum absolute atomic E-state index is 13.3. The van der Waals surface area contributed by atoms with Crippen LogP contribution in [0, 0.1) is 6.92 Å². The van der Waals surface area contributed by atoms with Crippen LogP contribution in [-0.2, 0) is 19.7 Å². The molecule has 182 valence electrons. The largest absolute Gasteiger partial charge is 0.493 e. The number of likely N-dealkylation sites (N-methyl/N-ethyl adjacent to an activating group) is 1. The van der Waals surface area contributed by atoms with Crippen molar-refractivity contribution in [3.63, 3.8) is 0 Å². The molecule has 1 N–H and O–H groups in total. The van der Waals surface area contributed by atoms with Gasteiger partial charge in [0.15, 0.2) is 31.2 Å². The van der Waals surface area contributed by atoms with Gasteiger partial charge in [-0.1, -0.05) is 23.8 Å². The third-order valence-corrected chi connectivity index (χ3v) is 10.2. The average Bonchev–Trinajstić information content (AvgIpc) is 3.09. The zero-order valence-electron chi connectivity index (χ0n) is 19.6. The highest BCUT2D eigenvalue weighted by Crippen LogP contribution is 2.32. The Bertz CT molecular complexity index is 1180. The Balaban J connectivity index is 1.85. The second-order valence-corrected chi connectivity index (χ2v) is 12.9. The fourth-order valence-corrected chi connectivity index (χ4v) is 8.85. The molecule has 0 spiro atoms. The molecule has 0 bridgehead atoms. The Hall–Kier alpha value is -2.14. The molecule has 0 saturated carbocycles. The maximum atomic E-state index is 13.3. The van der Waals surface area contributed by atoms with E-state index in [1.54, 1.807) is 38.5 Å². The van der Waals surface area contributed by atoms with E-state index in [9.17, 15) is 16.8 Å². The van der Waals surface area contributed by atoms with E-state index in [1.165, 1.54) is 0 Å². The molecule has 0 aromatic heterocycles. The van der Waals surface area contributed by atoms with Crippen LogP contribution in [0.1, 0.15) is 17.2 Å². The number of rotatable bonds is 9. The van der Waals surface area contributed by atoms with Gasteiger partial charge in [0, 0.05) is 18.6 Å². The zero-order valence-corrected chi connectivity index (χ0v) is 21.2. The van der Waals surface area contributed by atoms with Crippen molar-refractivity contribution in [2.24, 2.45) is 0 Å². The summed E-state index contributed by atoms with van der Waals surface area (Å²) in [5.41, 5.74) is 1.87. The first kappa shape index (κ1) is 25.5. The number of hydrogen-bond acceptors (Lipinski definition) is 8. The van der Waals surface area contributed by atoms with Gasteiger partial charge in [-0.15, -0.1) is 0 Å². The summed E-state index contributed by atoms with van der Waals surface area (Å²) in [4.78, 5) is 2.13. The van der Waals surface area contributed by atoms with E-state index < -0.39 is 31.0 Å². The summed E-state index contributed by atoms with van der Waals surface area (Å²) in [5, 5.41) is 2.21. The third-order valence-electron chi connectivity index (χ3n) is 6.04. The Morgan fingerprint density at radius 1 is 1.03 bits per heavy atom. The van der Waals surface area contributed by atoms with Crippen LogP contribution in [0.4, 0.5) is 0 Å². The standard InChI is InChI=1S/C23H32N2O6S2/c1-16-6-9-18(10-7-16)33(28,29)23-15-32(26,27)14-19(23)24-13-20(25(2)3)17-8-11-21(30-4)22(12-17)31-5/h6-12,19-20,23-24H,13-15H2,1-5H3/t19-,20?,23-/m0/s1. The third kappa shape index (κ3) is 5.68. The molecule has 2 aromatic carbocycles. The second kappa shape index (κ2) is 10.0. The van der Waals surface area contributed by atoms with Gasteiger partial charge in [0.1, 0.15) is 0 Å². The molecule has 1 aliphatic heterocycles. The summed E-state index contributed by atoms with van der Waals surface area (Å²) < 4.78 is 62.2. The maximum Gasteiger partial charge on any atom is 0.183 e. The molecule has 33 heavy (non-hydrogen) atoms. The van der Waals surface area contributed by atoms with Crippen molar-refractivity contribution in [3.8, 4) is 11.5 Å². The Morgan fingerprint density at radius 2 is 1.67 bits per heavy atom. The summed E-state index contributed by atoms with van der Waals surface area (Å²) >= 11 is 0. The number of nitrogens with one attached hydrogen (secondary N) is 1. The van der Waals surface area contributed by atoms with Crippen molar-refractivity contribution < 1.29 is 26.3 Å². The fourth-order valence-electron chi connectivity index (χ4n) is 4.14. The van der Waals surface area contributed by atoms with Crippen molar-refractivity contribution >= 4 is 19.7 Å². The molecular weight excluding hydrogens is 464 g/mol. The van der Waals surface area contributed by atoms with Crippen LogP contribution in [0.25, 0.3) is 0 Å². The monoisotopic (exact) mass is 496 g/mol. The predicted molar refractivity (Wildman–Crippen MR) is 129 cm³/mol. The second-order valence-electron chi connectivity index (χ2n) is 8.58. The molecule has 1 heterocycles. The SMILES string of the molecule is COc1ccc(C(CN[C@H]2CS(=O)(=O)C[C@@H]2S(=O)(=O)c2ccc(C)cc2)N(C)C)cc1OC. The molecule has 2 aromatic rings. The topological polar surface area (TPSA) is 102 Å². The predicted octanol–water partition coefficient (Wildman–Crippen LogP) is 1.84. The van der Waals surface area contributed by atoms with Crippen LogP contribution in [0.5, 0.6) is 11.5 Å². The van der Waals surface area contributed by atoms with Gasteiger partial charge in [0.2, 0.25) is 0 Å². The summed E-state index contributed by atoms with van der Waals surface area (Å²) in [6.45, 7) is 2.24. The summed E-state index contributed by atoms with van der Waals surface area (Å²) in [6, 6.07) is 11.3. The molecule has 1 fully saturated rings. The minimum atomic E-state index is -3.82. The summed E-state index contributed by atoms with van der Waals surface area (Å²) in [5.74, 6) is 0.599. The van der Waals surface area contributed by atoms with Crippen LogP contribution in [0.2, 0.25) is 0 Å². The van der Waals surface area contributed by atoms with Gasteiger partial charge < -0.3 is 19.7 Å². The molecule has 1 aliphatic rings. The lowest BCUT2D eigenvalue weighted by Crippen LogP contribution is -2.46. The van der Waals surface area contributed by atoms with E-state index in [0.717, 1.165) is 11.1 Å².